The quantitative estimate of drug-likeness (QED) is 0.851. The van der Waals surface area contributed by atoms with Crippen LogP contribution < -0.4 is 15.6 Å². The number of para-hydroxylation sites is 1. The molecule has 0 aliphatic carbocycles. The molecule has 23 heavy (non-hydrogen) atoms. The van der Waals surface area contributed by atoms with Crippen molar-refractivity contribution in [3.8, 4) is 5.75 Å². The van der Waals surface area contributed by atoms with Crippen LogP contribution in [0.25, 0.3) is 0 Å². The van der Waals surface area contributed by atoms with Crippen LogP contribution in [0.3, 0.4) is 0 Å². The molecule has 0 radical (unpaired) electrons. The molecular weight excluding hydrogens is 306 g/mol. The SMILES string of the molecule is Cc1ccccc1C(=O)NNC(=O)c1ccccc1OC(F)F. The Morgan fingerprint density at radius 2 is 1.43 bits per heavy atom. The van der Waals surface area contributed by atoms with E-state index in [0.29, 0.717) is 5.56 Å². The molecule has 0 aliphatic heterocycles. The van der Waals surface area contributed by atoms with Crippen molar-refractivity contribution in [3.63, 3.8) is 0 Å². The Morgan fingerprint density at radius 1 is 0.913 bits per heavy atom. The standard InChI is InChI=1S/C16H14F2N2O3/c1-10-6-2-3-7-11(10)14(21)19-20-15(22)12-8-4-5-9-13(12)23-16(17)18/h2-9,16H,1H3,(H,19,21)(H,20,22). The van der Waals surface area contributed by atoms with Gasteiger partial charge in [-0.3, -0.25) is 20.4 Å². The number of carbonyl (C=O) groups is 2. The van der Waals surface area contributed by atoms with Crippen molar-refractivity contribution in [2.75, 3.05) is 0 Å². The number of hydrogen-bond donors (Lipinski definition) is 2. The Labute approximate surface area is 131 Å². The van der Waals surface area contributed by atoms with Gasteiger partial charge in [0, 0.05) is 5.56 Å². The second-order valence-electron chi connectivity index (χ2n) is 4.60. The van der Waals surface area contributed by atoms with Gasteiger partial charge < -0.3 is 4.74 Å². The van der Waals surface area contributed by atoms with E-state index < -0.39 is 18.4 Å². The first-order chi connectivity index (χ1) is 11.0. The van der Waals surface area contributed by atoms with Crippen LogP contribution in [0.1, 0.15) is 26.3 Å². The fourth-order valence-corrected chi connectivity index (χ4v) is 1.93. The van der Waals surface area contributed by atoms with Crippen molar-refractivity contribution >= 4 is 11.8 Å². The molecule has 0 fully saturated rings. The number of amides is 2. The molecule has 0 bridgehead atoms. The zero-order valence-electron chi connectivity index (χ0n) is 12.2. The van der Waals surface area contributed by atoms with Gasteiger partial charge in [0.15, 0.2) is 0 Å². The van der Waals surface area contributed by atoms with Crippen LogP contribution in [0.15, 0.2) is 48.5 Å². The molecular formula is C16H14F2N2O3. The number of hydrogen-bond acceptors (Lipinski definition) is 3. The second kappa shape index (κ2) is 7.35. The third-order valence-electron chi connectivity index (χ3n) is 3.03. The van der Waals surface area contributed by atoms with Gasteiger partial charge in [-0.25, -0.2) is 0 Å². The molecule has 2 aromatic carbocycles. The maximum absolute atomic E-state index is 12.3. The molecule has 0 heterocycles. The van der Waals surface area contributed by atoms with Crippen molar-refractivity contribution < 1.29 is 23.1 Å². The Bertz CT molecular complexity index is 720. The Morgan fingerprint density at radius 3 is 2.04 bits per heavy atom. The summed E-state index contributed by atoms with van der Waals surface area (Å²) in [6.45, 7) is -1.30. The number of aryl methyl sites for hydroxylation is 1. The second-order valence-corrected chi connectivity index (χ2v) is 4.60. The lowest BCUT2D eigenvalue weighted by Gasteiger charge is -2.12. The van der Waals surface area contributed by atoms with Crippen LogP contribution in [0.2, 0.25) is 0 Å². The molecule has 0 aliphatic rings. The van der Waals surface area contributed by atoms with Gasteiger partial charge in [-0.15, -0.1) is 0 Å². The van der Waals surface area contributed by atoms with Crippen LogP contribution in [-0.2, 0) is 0 Å². The molecule has 5 nitrogen and oxygen atoms in total. The Hall–Kier alpha value is -2.96. The zero-order chi connectivity index (χ0) is 16.8. The topological polar surface area (TPSA) is 67.4 Å². The highest BCUT2D eigenvalue weighted by molar-refractivity contribution is 6.00. The highest BCUT2D eigenvalue weighted by Gasteiger charge is 2.16. The summed E-state index contributed by atoms with van der Waals surface area (Å²) in [6.07, 6.45) is 0. The van der Waals surface area contributed by atoms with E-state index in [1.165, 1.54) is 24.3 Å². The fraction of sp³-hybridized carbons (Fsp3) is 0.125. The average molecular weight is 320 g/mol. The van der Waals surface area contributed by atoms with Crippen molar-refractivity contribution in [1.82, 2.24) is 10.9 Å². The van der Waals surface area contributed by atoms with E-state index in [0.717, 1.165) is 5.56 Å². The third kappa shape index (κ3) is 4.26. The van der Waals surface area contributed by atoms with E-state index in [-0.39, 0.29) is 11.3 Å². The fourth-order valence-electron chi connectivity index (χ4n) is 1.93. The lowest BCUT2D eigenvalue weighted by atomic mass is 10.1. The molecule has 0 spiro atoms. The number of benzene rings is 2. The summed E-state index contributed by atoms with van der Waals surface area (Å²) in [4.78, 5) is 24.0. The first-order valence-electron chi connectivity index (χ1n) is 6.69. The monoisotopic (exact) mass is 320 g/mol. The molecule has 0 saturated carbocycles. The van der Waals surface area contributed by atoms with Crippen LogP contribution in [0.5, 0.6) is 5.75 Å². The maximum atomic E-state index is 12.3. The first-order valence-corrected chi connectivity index (χ1v) is 6.69. The van der Waals surface area contributed by atoms with Crippen molar-refractivity contribution in [3.05, 3.63) is 65.2 Å². The van der Waals surface area contributed by atoms with E-state index in [2.05, 4.69) is 15.6 Å². The summed E-state index contributed by atoms with van der Waals surface area (Å²) >= 11 is 0. The number of rotatable bonds is 4. The average Bonchev–Trinajstić information content (AvgIpc) is 2.52. The van der Waals surface area contributed by atoms with E-state index in [1.54, 1.807) is 31.2 Å². The lowest BCUT2D eigenvalue weighted by Crippen LogP contribution is -2.42. The largest absolute Gasteiger partial charge is 0.434 e. The molecule has 0 atom stereocenters. The van der Waals surface area contributed by atoms with E-state index in [4.69, 9.17) is 0 Å². The predicted octanol–water partition coefficient (Wildman–Crippen LogP) is 2.67. The predicted molar refractivity (Wildman–Crippen MR) is 79.2 cm³/mol. The minimum atomic E-state index is -3.05. The minimum absolute atomic E-state index is 0.113. The van der Waals surface area contributed by atoms with Gasteiger partial charge in [0.05, 0.1) is 5.56 Å². The van der Waals surface area contributed by atoms with Crippen LogP contribution in [0, 0.1) is 6.92 Å². The molecule has 2 aromatic rings. The summed E-state index contributed by atoms with van der Waals surface area (Å²) in [6, 6.07) is 12.3. The zero-order valence-corrected chi connectivity index (χ0v) is 12.2. The summed E-state index contributed by atoms with van der Waals surface area (Å²) in [7, 11) is 0. The summed E-state index contributed by atoms with van der Waals surface area (Å²) in [5.74, 6) is -1.54. The van der Waals surface area contributed by atoms with Gasteiger partial charge in [0.25, 0.3) is 11.8 Å². The van der Waals surface area contributed by atoms with Gasteiger partial charge in [0.2, 0.25) is 0 Å². The van der Waals surface area contributed by atoms with E-state index in [1.807, 2.05) is 0 Å². The number of nitrogens with one attached hydrogen (secondary N) is 2. The van der Waals surface area contributed by atoms with Gasteiger partial charge >= 0.3 is 6.61 Å². The lowest BCUT2D eigenvalue weighted by molar-refractivity contribution is -0.0501. The van der Waals surface area contributed by atoms with E-state index >= 15 is 0 Å². The molecule has 0 aromatic heterocycles. The smallest absolute Gasteiger partial charge is 0.387 e. The molecule has 7 heteroatoms. The molecule has 2 N–H and O–H groups in total. The number of carbonyl (C=O) groups excluding carboxylic acids is 2. The first kappa shape index (κ1) is 16.4. The van der Waals surface area contributed by atoms with Gasteiger partial charge in [-0.05, 0) is 30.7 Å². The molecule has 120 valence electrons. The third-order valence-corrected chi connectivity index (χ3v) is 3.03. The summed E-state index contributed by atoms with van der Waals surface area (Å²) in [5, 5.41) is 0. The summed E-state index contributed by atoms with van der Waals surface area (Å²) < 4.78 is 28.9. The number of hydrazine groups is 1. The molecule has 2 rings (SSSR count). The number of ether oxygens (including phenoxy) is 1. The normalized spacial score (nSPS) is 10.3. The van der Waals surface area contributed by atoms with Gasteiger partial charge in [0.1, 0.15) is 5.75 Å². The van der Waals surface area contributed by atoms with Crippen molar-refractivity contribution in [2.24, 2.45) is 0 Å². The minimum Gasteiger partial charge on any atom is -0.434 e. The maximum Gasteiger partial charge on any atom is 0.387 e. The number of halogens is 2. The molecule has 0 saturated heterocycles. The summed E-state index contributed by atoms with van der Waals surface area (Å²) in [5.41, 5.74) is 5.43. The van der Waals surface area contributed by atoms with Gasteiger partial charge in [-0.1, -0.05) is 30.3 Å². The van der Waals surface area contributed by atoms with Crippen LogP contribution in [-0.4, -0.2) is 18.4 Å². The number of alkyl halides is 2. The molecule has 0 unspecified atom stereocenters. The van der Waals surface area contributed by atoms with Crippen LogP contribution in [0.4, 0.5) is 8.78 Å². The highest BCUT2D eigenvalue weighted by atomic mass is 19.3. The highest BCUT2D eigenvalue weighted by Crippen LogP contribution is 2.19. The van der Waals surface area contributed by atoms with Crippen molar-refractivity contribution in [2.45, 2.75) is 13.5 Å². The molecule has 2 amide bonds. The van der Waals surface area contributed by atoms with Gasteiger partial charge in [-0.2, -0.15) is 8.78 Å². The Balaban J connectivity index is 2.06. The van der Waals surface area contributed by atoms with Crippen LogP contribution >= 0.6 is 0 Å². The van der Waals surface area contributed by atoms with E-state index in [9.17, 15) is 18.4 Å². The van der Waals surface area contributed by atoms with Crippen molar-refractivity contribution in [1.29, 1.82) is 0 Å². The Kier molecular flexibility index (Phi) is 5.24.